The third kappa shape index (κ3) is 2.12. The van der Waals surface area contributed by atoms with Gasteiger partial charge >= 0.3 is 0 Å². The van der Waals surface area contributed by atoms with Gasteiger partial charge in [0.15, 0.2) is 0 Å². The highest BCUT2D eigenvalue weighted by atomic mass is 15.2. The van der Waals surface area contributed by atoms with Gasteiger partial charge in [0, 0.05) is 18.6 Å². The predicted molar refractivity (Wildman–Crippen MR) is 60.2 cm³/mol. The third-order valence-electron chi connectivity index (χ3n) is 4.20. The molecule has 0 aromatic heterocycles. The van der Waals surface area contributed by atoms with Crippen LogP contribution in [0.5, 0.6) is 0 Å². The van der Waals surface area contributed by atoms with Gasteiger partial charge in [0.1, 0.15) is 0 Å². The van der Waals surface area contributed by atoms with Crippen LogP contribution in [0.15, 0.2) is 0 Å². The van der Waals surface area contributed by atoms with E-state index in [1.54, 1.807) is 0 Å². The molecular formula is C12H24N2. The quantitative estimate of drug-likeness (QED) is 0.732. The maximum absolute atomic E-state index is 5.97. The van der Waals surface area contributed by atoms with E-state index in [1.165, 1.54) is 45.2 Å². The molecule has 2 fully saturated rings. The first-order valence-electron chi connectivity index (χ1n) is 6.09. The summed E-state index contributed by atoms with van der Waals surface area (Å²) in [7, 11) is 0. The molecule has 2 nitrogen and oxygen atoms in total. The highest BCUT2D eigenvalue weighted by Crippen LogP contribution is 2.41. The third-order valence-corrected chi connectivity index (χ3v) is 4.20. The van der Waals surface area contributed by atoms with Crippen molar-refractivity contribution in [2.24, 2.45) is 11.1 Å². The Bertz CT molecular complexity index is 198. The lowest BCUT2D eigenvalue weighted by atomic mass is 9.70. The van der Waals surface area contributed by atoms with Gasteiger partial charge < -0.3 is 10.6 Å². The van der Waals surface area contributed by atoms with E-state index in [4.69, 9.17) is 5.73 Å². The molecule has 0 spiro atoms. The molecule has 1 aliphatic carbocycles. The van der Waals surface area contributed by atoms with Crippen molar-refractivity contribution < 1.29 is 0 Å². The van der Waals surface area contributed by atoms with Gasteiger partial charge in [-0.25, -0.2) is 0 Å². The zero-order valence-corrected chi connectivity index (χ0v) is 9.63. The fourth-order valence-corrected chi connectivity index (χ4v) is 2.92. The van der Waals surface area contributed by atoms with Crippen LogP contribution < -0.4 is 5.73 Å². The number of nitrogens with zero attached hydrogens (tertiary/aromatic N) is 1. The summed E-state index contributed by atoms with van der Waals surface area (Å²) in [6.45, 7) is 7.30. The van der Waals surface area contributed by atoms with E-state index in [2.05, 4.69) is 18.7 Å². The molecule has 0 aromatic rings. The standard InChI is InChI=1S/C12H24N2/c1-10-8-11(13)4-7-14(10)9-12(2)5-3-6-12/h10-11H,3-9,13H2,1-2H3. The van der Waals surface area contributed by atoms with Crippen LogP contribution in [0.2, 0.25) is 0 Å². The van der Waals surface area contributed by atoms with Crippen molar-refractivity contribution in [2.75, 3.05) is 13.1 Å². The molecule has 1 aliphatic heterocycles. The second-order valence-corrected chi connectivity index (χ2v) is 5.77. The molecule has 2 heteroatoms. The Morgan fingerprint density at radius 2 is 2.14 bits per heavy atom. The lowest BCUT2D eigenvalue weighted by Crippen LogP contribution is -2.50. The van der Waals surface area contributed by atoms with Crippen molar-refractivity contribution in [3.05, 3.63) is 0 Å². The number of hydrogen-bond donors (Lipinski definition) is 1. The van der Waals surface area contributed by atoms with Crippen molar-refractivity contribution in [1.29, 1.82) is 0 Å². The molecule has 0 bridgehead atoms. The first kappa shape index (κ1) is 10.4. The summed E-state index contributed by atoms with van der Waals surface area (Å²) in [4.78, 5) is 2.66. The lowest BCUT2D eigenvalue weighted by molar-refractivity contribution is 0.0437. The van der Waals surface area contributed by atoms with Crippen LogP contribution >= 0.6 is 0 Å². The Morgan fingerprint density at radius 3 is 2.64 bits per heavy atom. The van der Waals surface area contributed by atoms with Gasteiger partial charge in [0.05, 0.1) is 0 Å². The molecule has 82 valence electrons. The molecule has 14 heavy (non-hydrogen) atoms. The topological polar surface area (TPSA) is 29.3 Å². The molecule has 2 N–H and O–H groups in total. The van der Waals surface area contributed by atoms with E-state index >= 15 is 0 Å². The number of piperidine rings is 1. The van der Waals surface area contributed by atoms with Gasteiger partial charge in [-0.1, -0.05) is 13.3 Å². The van der Waals surface area contributed by atoms with Gasteiger partial charge in [0.2, 0.25) is 0 Å². The first-order chi connectivity index (χ1) is 6.59. The molecular weight excluding hydrogens is 172 g/mol. The first-order valence-corrected chi connectivity index (χ1v) is 6.09. The van der Waals surface area contributed by atoms with Gasteiger partial charge in [-0.3, -0.25) is 0 Å². The van der Waals surface area contributed by atoms with E-state index in [-0.39, 0.29) is 0 Å². The van der Waals surface area contributed by atoms with Crippen LogP contribution in [-0.4, -0.2) is 30.1 Å². The van der Waals surface area contributed by atoms with Crippen LogP contribution in [0.1, 0.15) is 46.0 Å². The Hall–Kier alpha value is -0.0800. The average molecular weight is 196 g/mol. The highest BCUT2D eigenvalue weighted by molar-refractivity contribution is 4.90. The molecule has 2 unspecified atom stereocenters. The SMILES string of the molecule is CC1CC(N)CCN1CC1(C)CCC1. The molecule has 0 aromatic carbocycles. The van der Waals surface area contributed by atoms with Gasteiger partial charge in [-0.2, -0.15) is 0 Å². The molecule has 1 saturated heterocycles. The molecule has 0 radical (unpaired) electrons. The van der Waals surface area contributed by atoms with Crippen LogP contribution in [0.25, 0.3) is 0 Å². The zero-order chi connectivity index (χ0) is 10.2. The lowest BCUT2D eigenvalue weighted by Gasteiger charge is -2.46. The molecule has 1 heterocycles. The second kappa shape index (κ2) is 3.82. The summed E-state index contributed by atoms with van der Waals surface area (Å²) >= 11 is 0. The fraction of sp³-hybridized carbons (Fsp3) is 1.00. The Labute approximate surface area is 87.8 Å². The summed E-state index contributed by atoms with van der Waals surface area (Å²) < 4.78 is 0. The van der Waals surface area contributed by atoms with Gasteiger partial charge in [-0.15, -0.1) is 0 Å². The average Bonchev–Trinajstić information content (AvgIpc) is 2.07. The molecule has 1 saturated carbocycles. The minimum Gasteiger partial charge on any atom is -0.328 e. The predicted octanol–water partition coefficient (Wildman–Crippen LogP) is 1.99. The molecule has 2 rings (SSSR count). The summed E-state index contributed by atoms with van der Waals surface area (Å²) in [5.74, 6) is 0. The van der Waals surface area contributed by atoms with Gasteiger partial charge in [0.25, 0.3) is 0 Å². The van der Waals surface area contributed by atoms with Crippen molar-refractivity contribution in [3.63, 3.8) is 0 Å². The number of likely N-dealkylation sites (tertiary alicyclic amines) is 1. The normalized spacial score (nSPS) is 37.9. The molecule has 0 amide bonds. The maximum atomic E-state index is 5.97. The summed E-state index contributed by atoms with van der Waals surface area (Å²) in [5, 5.41) is 0. The van der Waals surface area contributed by atoms with Crippen LogP contribution in [0, 0.1) is 5.41 Å². The zero-order valence-electron chi connectivity index (χ0n) is 9.63. The summed E-state index contributed by atoms with van der Waals surface area (Å²) in [5.41, 5.74) is 6.61. The molecule has 2 atom stereocenters. The van der Waals surface area contributed by atoms with Crippen molar-refractivity contribution in [2.45, 2.75) is 58.0 Å². The number of rotatable bonds is 2. The van der Waals surface area contributed by atoms with Crippen LogP contribution in [0.3, 0.4) is 0 Å². The number of hydrogen-bond acceptors (Lipinski definition) is 2. The monoisotopic (exact) mass is 196 g/mol. The van der Waals surface area contributed by atoms with Gasteiger partial charge in [-0.05, 0) is 44.6 Å². The van der Waals surface area contributed by atoms with E-state index in [0.29, 0.717) is 17.5 Å². The van der Waals surface area contributed by atoms with Crippen molar-refractivity contribution in [1.82, 2.24) is 4.90 Å². The van der Waals surface area contributed by atoms with E-state index < -0.39 is 0 Å². The van der Waals surface area contributed by atoms with E-state index in [0.717, 1.165) is 0 Å². The summed E-state index contributed by atoms with van der Waals surface area (Å²) in [6.07, 6.45) is 6.69. The summed E-state index contributed by atoms with van der Waals surface area (Å²) in [6, 6.07) is 1.16. The Kier molecular flexibility index (Phi) is 2.85. The fourth-order valence-electron chi connectivity index (χ4n) is 2.92. The minimum atomic E-state index is 0.454. The second-order valence-electron chi connectivity index (χ2n) is 5.77. The maximum Gasteiger partial charge on any atom is 0.00819 e. The van der Waals surface area contributed by atoms with E-state index in [9.17, 15) is 0 Å². The minimum absolute atomic E-state index is 0.454. The number of nitrogens with two attached hydrogens (primary N) is 1. The van der Waals surface area contributed by atoms with Crippen molar-refractivity contribution in [3.8, 4) is 0 Å². The smallest absolute Gasteiger partial charge is 0.00819 e. The highest BCUT2D eigenvalue weighted by Gasteiger charge is 2.35. The van der Waals surface area contributed by atoms with Crippen LogP contribution in [0.4, 0.5) is 0 Å². The van der Waals surface area contributed by atoms with E-state index in [1.807, 2.05) is 0 Å². The van der Waals surface area contributed by atoms with Crippen molar-refractivity contribution >= 4 is 0 Å². The Morgan fingerprint density at radius 1 is 1.43 bits per heavy atom. The van der Waals surface area contributed by atoms with Crippen LogP contribution in [-0.2, 0) is 0 Å². The molecule has 2 aliphatic rings. The Balaban J connectivity index is 1.85. The largest absolute Gasteiger partial charge is 0.328 e.